The Morgan fingerprint density at radius 1 is 1.44 bits per heavy atom. The molecular formula is C9H9ClN4O3S. The fourth-order valence-corrected chi connectivity index (χ4v) is 2.47. The predicted molar refractivity (Wildman–Crippen MR) is 64.7 cm³/mol. The molecule has 2 rings (SSSR count). The van der Waals surface area contributed by atoms with E-state index >= 15 is 0 Å². The molecule has 0 atom stereocenters. The maximum atomic E-state index is 11.9. The van der Waals surface area contributed by atoms with Gasteiger partial charge < -0.3 is 4.98 Å². The van der Waals surface area contributed by atoms with Gasteiger partial charge in [-0.25, -0.2) is 13.1 Å². The molecule has 0 saturated carbocycles. The molecule has 0 amide bonds. The molecule has 0 aliphatic heterocycles. The van der Waals surface area contributed by atoms with E-state index in [-0.39, 0.29) is 16.5 Å². The molecule has 0 saturated heterocycles. The topological polar surface area (TPSA) is 108 Å². The van der Waals surface area contributed by atoms with Crippen molar-refractivity contribution in [2.24, 2.45) is 0 Å². The molecule has 2 aromatic heterocycles. The van der Waals surface area contributed by atoms with E-state index in [1.807, 2.05) is 0 Å². The Morgan fingerprint density at radius 3 is 2.83 bits per heavy atom. The van der Waals surface area contributed by atoms with Crippen molar-refractivity contribution in [2.45, 2.75) is 11.4 Å². The minimum Gasteiger partial charge on any atom is -0.326 e. The molecule has 0 unspecified atom stereocenters. The minimum absolute atomic E-state index is 0.0685. The summed E-state index contributed by atoms with van der Waals surface area (Å²) in [7, 11) is -3.73. The molecule has 0 aliphatic carbocycles. The van der Waals surface area contributed by atoms with Crippen LogP contribution < -0.4 is 10.3 Å². The normalized spacial score (nSPS) is 11.6. The molecule has 0 bridgehead atoms. The summed E-state index contributed by atoms with van der Waals surface area (Å²) in [5.74, 6) is 0. The summed E-state index contributed by atoms with van der Waals surface area (Å²) in [4.78, 5) is 13.2. The number of nitrogens with zero attached hydrogens (tertiary/aromatic N) is 1. The Hall–Kier alpha value is -1.64. The van der Waals surface area contributed by atoms with Gasteiger partial charge in [0.2, 0.25) is 10.0 Å². The molecule has 18 heavy (non-hydrogen) atoms. The Balaban J connectivity index is 2.20. The zero-order valence-corrected chi connectivity index (χ0v) is 10.5. The standard InChI is InChI=1S/C9H9ClN4O3S/c10-8-3-7(5-11-9(8)15)18(16,17)13-4-6-1-2-12-14-6/h1-3,5,13H,4H2,(H,11,15)(H,12,14). The number of sulfonamides is 1. The number of H-pyrrole nitrogens is 2. The van der Waals surface area contributed by atoms with Gasteiger partial charge in [-0.2, -0.15) is 5.10 Å². The van der Waals surface area contributed by atoms with Crippen molar-refractivity contribution in [2.75, 3.05) is 0 Å². The highest BCUT2D eigenvalue weighted by Gasteiger charge is 2.15. The van der Waals surface area contributed by atoms with Crippen LogP contribution in [0.3, 0.4) is 0 Å². The summed E-state index contributed by atoms with van der Waals surface area (Å²) >= 11 is 5.57. The van der Waals surface area contributed by atoms with Gasteiger partial charge in [0.1, 0.15) is 5.02 Å². The Kier molecular flexibility index (Phi) is 3.50. The van der Waals surface area contributed by atoms with E-state index in [0.29, 0.717) is 5.69 Å². The summed E-state index contributed by atoms with van der Waals surface area (Å²) in [6.07, 6.45) is 2.60. The highest BCUT2D eigenvalue weighted by molar-refractivity contribution is 7.89. The SMILES string of the molecule is O=c1[nH]cc(S(=O)(=O)NCc2ccn[nH]2)cc1Cl. The van der Waals surface area contributed by atoms with Crippen LogP contribution in [-0.4, -0.2) is 23.6 Å². The summed E-state index contributed by atoms with van der Waals surface area (Å²) in [6, 6.07) is 2.73. The first kappa shape index (κ1) is 12.8. The number of hydrogen-bond donors (Lipinski definition) is 3. The lowest BCUT2D eigenvalue weighted by Gasteiger charge is -2.05. The second-order valence-electron chi connectivity index (χ2n) is 3.42. The van der Waals surface area contributed by atoms with Crippen LogP contribution >= 0.6 is 11.6 Å². The molecule has 2 heterocycles. The van der Waals surface area contributed by atoms with Crippen molar-refractivity contribution in [3.05, 3.63) is 45.6 Å². The van der Waals surface area contributed by atoms with E-state index in [1.54, 1.807) is 6.07 Å². The van der Waals surface area contributed by atoms with Gasteiger partial charge in [0, 0.05) is 12.4 Å². The first-order chi connectivity index (χ1) is 8.49. The summed E-state index contributed by atoms with van der Waals surface area (Å²) in [6.45, 7) is 0.0685. The van der Waals surface area contributed by atoms with Crippen molar-refractivity contribution in [3.8, 4) is 0 Å². The molecule has 9 heteroatoms. The van der Waals surface area contributed by atoms with Crippen LogP contribution in [0.25, 0.3) is 0 Å². The minimum atomic E-state index is -3.73. The lowest BCUT2D eigenvalue weighted by molar-refractivity contribution is 0.580. The molecule has 0 radical (unpaired) electrons. The van der Waals surface area contributed by atoms with Crippen LogP contribution in [0.1, 0.15) is 5.69 Å². The molecule has 3 N–H and O–H groups in total. The molecule has 2 aromatic rings. The third-order valence-corrected chi connectivity index (χ3v) is 3.81. The van der Waals surface area contributed by atoms with Crippen molar-refractivity contribution >= 4 is 21.6 Å². The summed E-state index contributed by atoms with van der Waals surface area (Å²) in [5.41, 5.74) is 0.0817. The molecule has 0 aliphatic rings. The van der Waals surface area contributed by atoms with E-state index in [2.05, 4.69) is 19.9 Å². The van der Waals surface area contributed by atoms with Gasteiger partial charge in [-0.05, 0) is 12.1 Å². The lowest BCUT2D eigenvalue weighted by Crippen LogP contribution is -2.24. The van der Waals surface area contributed by atoms with Crippen LogP contribution in [0.4, 0.5) is 0 Å². The smallest absolute Gasteiger partial charge is 0.266 e. The second-order valence-corrected chi connectivity index (χ2v) is 5.59. The van der Waals surface area contributed by atoms with Gasteiger partial charge in [-0.15, -0.1) is 0 Å². The number of halogens is 1. The largest absolute Gasteiger partial charge is 0.326 e. The van der Waals surface area contributed by atoms with Crippen molar-refractivity contribution < 1.29 is 8.42 Å². The first-order valence-corrected chi connectivity index (χ1v) is 6.71. The molecular weight excluding hydrogens is 280 g/mol. The maximum absolute atomic E-state index is 11.9. The van der Waals surface area contributed by atoms with Gasteiger partial charge in [0.05, 0.1) is 17.1 Å². The Morgan fingerprint density at radius 2 is 2.22 bits per heavy atom. The molecule has 96 valence electrons. The van der Waals surface area contributed by atoms with Gasteiger partial charge in [-0.3, -0.25) is 9.89 Å². The van der Waals surface area contributed by atoms with E-state index < -0.39 is 15.6 Å². The second kappa shape index (κ2) is 4.92. The number of rotatable bonds is 4. The zero-order chi connectivity index (χ0) is 13.2. The molecule has 0 fully saturated rings. The number of aromatic nitrogens is 3. The fourth-order valence-electron chi connectivity index (χ4n) is 1.23. The van der Waals surface area contributed by atoms with Crippen LogP contribution in [0.2, 0.25) is 5.02 Å². The number of pyridine rings is 1. The van der Waals surface area contributed by atoms with Crippen molar-refractivity contribution in [1.29, 1.82) is 0 Å². The number of hydrogen-bond acceptors (Lipinski definition) is 4. The first-order valence-electron chi connectivity index (χ1n) is 4.85. The highest BCUT2D eigenvalue weighted by Crippen LogP contribution is 2.10. The zero-order valence-electron chi connectivity index (χ0n) is 8.97. The van der Waals surface area contributed by atoms with E-state index in [4.69, 9.17) is 11.6 Å². The predicted octanol–water partition coefficient (Wildman–Crippen LogP) is 0.230. The number of nitrogens with one attached hydrogen (secondary N) is 3. The van der Waals surface area contributed by atoms with E-state index in [0.717, 1.165) is 12.3 Å². The van der Waals surface area contributed by atoms with Crippen LogP contribution in [0.5, 0.6) is 0 Å². The van der Waals surface area contributed by atoms with Crippen LogP contribution in [0.15, 0.2) is 34.2 Å². The average Bonchev–Trinajstić information content (AvgIpc) is 2.83. The maximum Gasteiger partial charge on any atom is 0.266 e. The van der Waals surface area contributed by atoms with E-state index in [1.165, 1.54) is 6.20 Å². The van der Waals surface area contributed by atoms with Gasteiger partial charge >= 0.3 is 0 Å². The Labute approximate surface area is 107 Å². The highest BCUT2D eigenvalue weighted by atomic mass is 35.5. The molecule has 0 aromatic carbocycles. The quantitative estimate of drug-likeness (QED) is 0.748. The third-order valence-electron chi connectivity index (χ3n) is 2.15. The summed E-state index contributed by atoms with van der Waals surface area (Å²) < 4.78 is 26.1. The molecule has 7 nitrogen and oxygen atoms in total. The van der Waals surface area contributed by atoms with Gasteiger partial charge in [0.15, 0.2) is 0 Å². The fraction of sp³-hybridized carbons (Fsp3) is 0.111. The summed E-state index contributed by atoms with van der Waals surface area (Å²) in [5, 5.41) is 6.13. The van der Waals surface area contributed by atoms with Crippen LogP contribution in [0, 0.1) is 0 Å². The van der Waals surface area contributed by atoms with E-state index in [9.17, 15) is 13.2 Å². The Bertz CT molecular complexity index is 693. The van der Waals surface area contributed by atoms with Crippen molar-refractivity contribution in [1.82, 2.24) is 19.9 Å². The van der Waals surface area contributed by atoms with Crippen LogP contribution in [-0.2, 0) is 16.6 Å². The monoisotopic (exact) mass is 288 g/mol. The third kappa shape index (κ3) is 2.78. The van der Waals surface area contributed by atoms with Crippen molar-refractivity contribution in [3.63, 3.8) is 0 Å². The molecule has 0 spiro atoms. The lowest BCUT2D eigenvalue weighted by atomic mass is 10.4. The number of aromatic amines is 2. The average molecular weight is 289 g/mol. The van der Waals surface area contributed by atoms with Gasteiger partial charge in [0.25, 0.3) is 5.56 Å². The van der Waals surface area contributed by atoms with Gasteiger partial charge in [-0.1, -0.05) is 11.6 Å².